The fourth-order valence-electron chi connectivity index (χ4n) is 2.35. The van der Waals surface area contributed by atoms with Gasteiger partial charge in [-0.2, -0.15) is 4.31 Å². The zero-order chi connectivity index (χ0) is 20.9. The number of hydrazine groups is 1. The summed E-state index contributed by atoms with van der Waals surface area (Å²) < 4.78 is 56.9. The molecule has 0 aliphatic carbocycles. The topological polar surface area (TPSA) is 118 Å². The number of nitrogens with zero attached hydrogens (tertiary/aromatic N) is 2. The monoisotopic (exact) mass is 492 g/mol. The second-order valence-electron chi connectivity index (χ2n) is 5.49. The van der Waals surface area contributed by atoms with Crippen LogP contribution in [0.2, 0.25) is 0 Å². The van der Waals surface area contributed by atoms with Gasteiger partial charge in [0.05, 0.1) is 7.11 Å². The molecule has 0 unspecified atom stereocenters. The van der Waals surface area contributed by atoms with E-state index in [-0.39, 0.29) is 21.4 Å². The highest BCUT2D eigenvalue weighted by Crippen LogP contribution is 2.27. The van der Waals surface area contributed by atoms with Crippen LogP contribution in [0.3, 0.4) is 0 Å². The van der Waals surface area contributed by atoms with Crippen molar-refractivity contribution in [3.8, 4) is 5.75 Å². The van der Waals surface area contributed by atoms with Gasteiger partial charge >= 0.3 is 0 Å². The van der Waals surface area contributed by atoms with Crippen molar-refractivity contribution in [1.29, 1.82) is 0 Å². The third-order valence-electron chi connectivity index (χ3n) is 3.81. The maximum absolute atomic E-state index is 12.5. The van der Waals surface area contributed by atoms with Gasteiger partial charge in [0.15, 0.2) is 0 Å². The molecule has 1 heterocycles. The number of methoxy groups -OCH3 is 1. The quantitative estimate of drug-likeness (QED) is 0.515. The first kappa shape index (κ1) is 22.6. The van der Waals surface area contributed by atoms with Crippen molar-refractivity contribution in [1.82, 2.24) is 14.1 Å². The van der Waals surface area contributed by atoms with E-state index in [1.54, 1.807) is 19.9 Å². The van der Waals surface area contributed by atoms with Crippen LogP contribution in [0.25, 0.3) is 0 Å². The van der Waals surface area contributed by atoms with Crippen molar-refractivity contribution in [3.05, 3.63) is 41.0 Å². The van der Waals surface area contributed by atoms with E-state index in [1.807, 2.05) is 0 Å². The maximum atomic E-state index is 12.5. The predicted octanol–water partition coefficient (Wildman–Crippen LogP) is 2.19. The first-order chi connectivity index (χ1) is 13.2. The van der Waals surface area contributed by atoms with Gasteiger partial charge < -0.3 is 4.74 Å². The summed E-state index contributed by atoms with van der Waals surface area (Å²) >= 11 is 3.22. The number of hydrogen-bond donors (Lipinski definition) is 2. The summed E-state index contributed by atoms with van der Waals surface area (Å²) in [6.07, 6.45) is 1.17. The second-order valence-corrected chi connectivity index (χ2v) is 10.00. The fraction of sp³-hybridized carbons (Fsp3) is 0.312. The number of nitrogens with one attached hydrogen (secondary N) is 2. The molecule has 2 aromatic rings. The van der Waals surface area contributed by atoms with Crippen molar-refractivity contribution >= 4 is 41.8 Å². The number of anilines is 1. The molecule has 2 N–H and O–H groups in total. The van der Waals surface area contributed by atoms with Gasteiger partial charge in [-0.15, -0.1) is 4.83 Å². The zero-order valence-electron chi connectivity index (χ0n) is 15.5. The first-order valence-electron chi connectivity index (χ1n) is 8.23. The molecule has 0 fully saturated rings. The molecule has 2 rings (SSSR count). The smallest absolute Gasteiger partial charge is 0.261 e. The SMILES string of the molecule is CCN(CC)S(=O)(=O)c1ccc(NNS(=O)(=O)c2cc(Br)ccc2OC)nc1. The Morgan fingerprint density at radius 2 is 1.79 bits per heavy atom. The number of sulfonamides is 2. The van der Waals surface area contributed by atoms with Gasteiger partial charge in [-0.25, -0.2) is 21.8 Å². The molecular formula is C16H21BrN4O5S2. The van der Waals surface area contributed by atoms with Gasteiger partial charge in [-0.3, -0.25) is 5.43 Å². The molecule has 0 atom stereocenters. The van der Waals surface area contributed by atoms with Crippen LogP contribution in [0, 0.1) is 0 Å². The Balaban J connectivity index is 2.19. The minimum Gasteiger partial charge on any atom is -0.495 e. The lowest BCUT2D eigenvalue weighted by Gasteiger charge is -2.18. The Morgan fingerprint density at radius 1 is 1.11 bits per heavy atom. The van der Waals surface area contributed by atoms with Crippen LogP contribution in [0.4, 0.5) is 5.82 Å². The summed E-state index contributed by atoms with van der Waals surface area (Å²) in [5.74, 6) is 0.308. The molecule has 0 spiro atoms. The summed E-state index contributed by atoms with van der Waals surface area (Å²) in [7, 11) is -6.23. The lowest BCUT2D eigenvalue weighted by atomic mass is 10.3. The van der Waals surface area contributed by atoms with Gasteiger partial charge in [0.1, 0.15) is 21.4 Å². The van der Waals surface area contributed by atoms with Crippen LogP contribution in [0.15, 0.2) is 50.8 Å². The lowest BCUT2D eigenvalue weighted by molar-refractivity contribution is 0.402. The molecule has 12 heteroatoms. The highest BCUT2D eigenvalue weighted by atomic mass is 79.9. The predicted molar refractivity (Wildman–Crippen MR) is 109 cm³/mol. The molecular weight excluding hydrogens is 472 g/mol. The van der Waals surface area contributed by atoms with Gasteiger partial charge in [0.2, 0.25) is 10.0 Å². The molecule has 1 aromatic carbocycles. The van der Waals surface area contributed by atoms with Crippen LogP contribution in [-0.4, -0.2) is 46.3 Å². The van der Waals surface area contributed by atoms with Crippen LogP contribution < -0.4 is 15.0 Å². The van der Waals surface area contributed by atoms with Crippen LogP contribution in [-0.2, 0) is 20.0 Å². The normalized spacial score (nSPS) is 12.2. The number of pyridine rings is 1. The Bertz CT molecular complexity index is 1020. The van der Waals surface area contributed by atoms with Gasteiger partial charge in [0, 0.05) is 23.8 Å². The third-order valence-corrected chi connectivity index (χ3v) is 7.60. The molecule has 0 saturated heterocycles. The van der Waals surface area contributed by atoms with Crippen molar-refractivity contribution in [2.24, 2.45) is 0 Å². The van der Waals surface area contributed by atoms with Crippen molar-refractivity contribution in [2.45, 2.75) is 23.6 Å². The van der Waals surface area contributed by atoms with Crippen molar-refractivity contribution in [3.63, 3.8) is 0 Å². The molecule has 0 radical (unpaired) electrons. The standard InChI is InChI=1S/C16H21BrN4O5S2/c1-4-21(5-2)28(24,25)13-7-9-16(18-11-13)19-20-27(22,23)15-10-12(17)6-8-14(15)26-3/h6-11,20H,4-5H2,1-3H3,(H,18,19). The highest BCUT2D eigenvalue weighted by molar-refractivity contribution is 9.10. The fourth-order valence-corrected chi connectivity index (χ4v) is 5.32. The van der Waals surface area contributed by atoms with E-state index < -0.39 is 20.0 Å². The van der Waals surface area contributed by atoms with E-state index in [9.17, 15) is 16.8 Å². The largest absolute Gasteiger partial charge is 0.495 e. The maximum Gasteiger partial charge on any atom is 0.261 e. The summed E-state index contributed by atoms with van der Waals surface area (Å²) in [6, 6.07) is 7.30. The van der Waals surface area contributed by atoms with Crippen LogP contribution >= 0.6 is 15.9 Å². The number of aromatic nitrogens is 1. The van der Waals surface area contributed by atoms with Crippen molar-refractivity contribution < 1.29 is 21.6 Å². The first-order valence-corrected chi connectivity index (χ1v) is 11.9. The van der Waals surface area contributed by atoms with Crippen LogP contribution in [0.1, 0.15) is 13.8 Å². The Hall–Kier alpha value is -1.73. The van der Waals surface area contributed by atoms with Gasteiger partial charge in [-0.1, -0.05) is 29.8 Å². The molecule has 0 amide bonds. The molecule has 9 nitrogen and oxygen atoms in total. The van der Waals surface area contributed by atoms with Gasteiger partial charge in [-0.05, 0) is 30.3 Å². The average Bonchev–Trinajstić information content (AvgIpc) is 2.67. The van der Waals surface area contributed by atoms with E-state index in [0.29, 0.717) is 17.6 Å². The molecule has 0 saturated carbocycles. The lowest BCUT2D eigenvalue weighted by Crippen LogP contribution is -2.31. The minimum atomic E-state index is -3.97. The van der Waals surface area contributed by atoms with E-state index in [4.69, 9.17) is 4.74 Å². The Labute approximate surface area is 173 Å². The average molecular weight is 493 g/mol. The number of rotatable bonds is 9. The summed E-state index contributed by atoms with van der Waals surface area (Å²) in [5, 5.41) is 0. The molecule has 154 valence electrons. The van der Waals surface area contributed by atoms with E-state index in [0.717, 1.165) is 0 Å². The number of hydrogen-bond acceptors (Lipinski definition) is 7. The van der Waals surface area contributed by atoms with E-state index in [2.05, 4.69) is 31.2 Å². The summed E-state index contributed by atoms with van der Waals surface area (Å²) in [4.78, 5) is 6.12. The molecule has 28 heavy (non-hydrogen) atoms. The van der Waals surface area contributed by atoms with E-state index in [1.165, 1.54) is 41.9 Å². The zero-order valence-corrected chi connectivity index (χ0v) is 18.7. The van der Waals surface area contributed by atoms with Crippen molar-refractivity contribution in [2.75, 3.05) is 25.6 Å². The molecule has 1 aromatic heterocycles. The summed E-state index contributed by atoms with van der Waals surface area (Å²) in [5.41, 5.74) is 2.46. The highest BCUT2D eigenvalue weighted by Gasteiger charge is 2.23. The third kappa shape index (κ3) is 5.00. The van der Waals surface area contributed by atoms with Crippen LogP contribution in [0.5, 0.6) is 5.75 Å². The number of ether oxygens (including phenoxy) is 1. The molecule has 0 aliphatic heterocycles. The minimum absolute atomic E-state index is 0.0262. The Morgan fingerprint density at radius 3 is 2.32 bits per heavy atom. The van der Waals surface area contributed by atoms with E-state index >= 15 is 0 Å². The Kier molecular flexibility index (Phi) is 7.39. The molecule has 0 aliphatic rings. The molecule has 0 bridgehead atoms. The summed E-state index contributed by atoms with van der Waals surface area (Å²) in [6.45, 7) is 4.17. The van der Waals surface area contributed by atoms with Gasteiger partial charge in [0.25, 0.3) is 10.0 Å². The number of benzene rings is 1. The number of halogens is 1. The second kappa shape index (κ2) is 9.18.